The SMILES string of the molecule is CC1(C)CC(=O)C2=C(C1)Nc1ccc3ccccc3c1[C@H]2c1cc(Br)c(Br)o1. The van der Waals surface area contributed by atoms with Crippen molar-refractivity contribution in [3.05, 3.63) is 74.2 Å². The zero-order valence-corrected chi connectivity index (χ0v) is 18.8. The maximum absolute atomic E-state index is 13.3. The third kappa shape index (κ3) is 2.79. The van der Waals surface area contributed by atoms with Crippen LogP contribution in [0.15, 0.2) is 67.3 Å². The Morgan fingerprint density at radius 1 is 1.11 bits per heavy atom. The lowest BCUT2D eigenvalue weighted by molar-refractivity contribution is -0.118. The summed E-state index contributed by atoms with van der Waals surface area (Å²) >= 11 is 7.00. The Morgan fingerprint density at radius 2 is 1.89 bits per heavy atom. The minimum absolute atomic E-state index is 0.0495. The summed E-state index contributed by atoms with van der Waals surface area (Å²) in [5.74, 6) is 0.757. The summed E-state index contributed by atoms with van der Waals surface area (Å²) in [6, 6.07) is 14.5. The van der Waals surface area contributed by atoms with Gasteiger partial charge in [-0.1, -0.05) is 44.2 Å². The topological polar surface area (TPSA) is 42.2 Å². The first-order valence-corrected chi connectivity index (χ1v) is 10.9. The minimum Gasteiger partial charge on any atom is -0.452 e. The highest BCUT2D eigenvalue weighted by atomic mass is 79.9. The number of benzene rings is 2. The van der Waals surface area contributed by atoms with Crippen LogP contribution in [0, 0.1) is 5.41 Å². The van der Waals surface area contributed by atoms with Crippen molar-refractivity contribution < 1.29 is 9.21 Å². The first-order chi connectivity index (χ1) is 13.3. The number of furan rings is 1. The van der Waals surface area contributed by atoms with E-state index in [-0.39, 0.29) is 17.1 Å². The molecule has 2 heterocycles. The number of fused-ring (bicyclic) bond motifs is 3. The van der Waals surface area contributed by atoms with Gasteiger partial charge in [-0.05, 0) is 72.2 Å². The smallest absolute Gasteiger partial charge is 0.183 e. The van der Waals surface area contributed by atoms with Gasteiger partial charge in [0.15, 0.2) is 10.5 Å². The van der Waals surface area contributed by atoms with E-state index in [0.29, 0.717) is 11.1 Å². The number of carbonyl (C=O) groups excluding carboxylic acids is 1. The van der Waals surface area contributed by atoms with Crippen molar-refractivity contribution in [3.8, 4) is 0 Å². The summed E-state index contributed by atoms with van der Waals surface area (Å²) in [4.78, 5) is 13.3. The maximum Gasteiger partial charge on any atom is 0.183 e. The van der Waals surface area contributed by atoms with Crippen LogP contribution in [0.4, 0.5) is 5.69 Å². The molecule has 5 rings (SSSR count). The van der Waals surface area contributed by atoms with Crippen molar-refractivity contribution in [1.29, 1.82) is 0 Å². The number of anilines is 1. The van der Waals surface area contributed by atoms with Gasteiger partial charge in [0.05, 0.1) is 10.4 Å². The highest BCUT2D eigenvalue weighted by molar-refractivity contribution is 9.13. The Kier molecular flexibility index (Phi) is 4.11. The van der Waals surface area contributed by atoms with Crippen molar-refractivity contribution in [1.82, 2.24) is 0 Å². The van der Waals surface area contributed by atoms with Crippen molar-refractivity contribution in [3.63, 3.8) is 0 Å². The van der Waals surface area contributed by atoms with Gasteiger partial charge in [0, 0.05) is 23.4 Å². The Bertz CT molecular complexity index is 1150. The van der Waals surface area contributed by atoms with Gasteiger partial charge in [0.1, 0.15) is 5.76 Å². The Morgan fingerprint density at radius 3 is 2.64 bits per heavy atom. The molecule has 1 aliphatic heterocycles. The first-order valence-electron chi connectivity index (χ1n) is 9.34. The molecule has 1 atom stereocenters. The minimum atomic E-state index is -0.219. The van der Waals surface area contributed by atoms with Gasteiger partial charge in [-0.2, -0.15) is 0 Å². The van der Waals surface area contributed by atoms with E-state index in [0.717, 1.165) is 49.9 Å². The molecule has 3 nitrogen and oxygen atoms in total. The number of allylic oxidation sites excluding steroid dienone is 2. The van der Waals surface area contributed by atoms with E-state index in [9.17, 15) is 4.79 Å². The highest BCUT2D eigenvalue weighted by Crippen LogP contribution is 2.51. The van der Waals surface area contributed by atoms with E-state index in [4.69, 9.17) is 4.42 Å². The quantitative estimate of drug-likeness (QED) is 0.385. The summed E-state index contributed by atoms with van der Waals surface area (Å²) in [6.07, 6.45) is 1.40. The third-order valence-corrected chi connectivity index (χ3v) is 7.41. The number of halogens is 2. The molecule has 142 valence electrons. The second-order valence-electron chi connectivity index (χ2n) is 8.41. The molecule has 1 aromatic heterocycles. The number of hydrogen-bond donors (Lipinski definition) is 1. The number of carbonyl (C=O) groups is 1. The number of hydrogen-bond acceptors (Lipinski definition) is 3. The maximum atomic E-state index is 13.3. The van der Waals surface area contributed by atoms with Gasteiger partial charge in [0.2, 0.25) is 0 Å². The summed E-state index contributed by atoms with van der Waals surface area (Å²) in [5.41, 5.74) is 3.98. The fourth-order valence-corrected chi connectivity index (χ4v) is 5.20. The molecule has 28 heavy (non-hydrogen) atoms. The van der Waals surface area contributed by atoms with Crippen LogP contribution < -0.4 is 5.32 Å². The van der Waals surface area contributed by atoms with Crippen LogP contribution in [0.3, 0.4) is 0 Å². The molecule has 2 aromatic carbocycles. The van der Waals surface area contributed by atoms with Gasteiger partial charge in [-0.25, -0.2) is 0 Å². The number of ketones is 1. The molecule has 0 spiro atoms. The lowest BCUT2D eigenvalue weighted by Gasteiger charge is -2.39. The van der Waals surface area contributed by atoms with Crippen LogP contribution in [-0.4, -0.2) is 5.78 Å². The Hall–Kier alpha value is -1.85. The van der Waals surface area contributed by atoms with Crippen molar-refractivity contribution in [2.75, 3.05) is 5.32 Å². The van der Waals surface area contributed by atoms with Gasteiger partial charge in [0.25, 0.3) is 0 Å². The molecular weight excluding hydrogens is 482 g/mol. The number of nitrogens with one attached hydrogen (secondary N) is 1. The van der Waals surface area contributed by atoms with Gasteiger partial charge >= 0.3 is 0 Å². The average Bonchev–Trinajstić information content (AvgIpc) is 2.97. The van der Waals surface area contributed by atoms with Crippen LogP contribution in [0.1, 0.15) is 43.9 Å². The van der Waals surface area contributed by atoms with E-state index in [2.05, 4.69) is 75.3 Å². The molecule has 0 amide bonds. The van der Waals surface area contributed by atoms with Gasteiger partial charge in [-0.15, -0.1) is 0 Å². The third-order valence-electron chi connectivity index (χ3n) is 5.70. The molecule has 5 heteroatoms. The molecule has 3 aromatic rings. The molecular formula is C23H19Br2NO2. The fourth-order valence-electron chi connectivity index (χ4n) is 4.59. The van der Waals surface area contributed by atoms with Crippen molar-refractivity contribution in [2.45, 2.75) is 32.6 Å². The lowest BCUT2D eigenvalue weighted by Crippen LogP contribution is -2.33. The van der Waals surface area contributed by atoms with E-state index >= 15 is 0 Å². The van der Waals surface area contributed by atoms with Gasteiger partial charge in [-0.3, -0.25) is 4.79 Å². The Balaban J connectivity index is 1.82. The fraction of sp³-hybridized carbons (Fsp3) is 0.261. The average molecular weight is 501 g/mol. The van der Waals surface area contributed by atoms with E-state index < -0.39 is 0 Å². The van der Waals surface area contributed by atoms with Crippen LogP contribution in [-0.2, 0) is 4.79 Å². The zero-order chi connectivity index (χ0) is 19.6. The summed E-state index contributed by atoms with van der Waals surface area (Å²) in [7, 11) is 0. The summed E-state index contributed by atoms with van der Waals surface area (Å²) < 4.78 is 7.57. The largest absolute Gasteiger partial charge is 0.452 e. The van der Waals surface area contributed by atoms with Crippen molar-refractivity contribution in [2.24, 2.45) is 5.41 Å². The number of rotatable bonds is 1. The van der Waals surface area contributed by atoms with E-state index in [1.807, 2.05) is 18.2 Å². The van der Waals surface area contributed by atoms with Crippen LogP contribution in [0.2, 0.25) is 0 Å². The Labute approximate surface area is 180 Å². The van der Waals surface area contributed by atoms with Crippen LogP contribution in [0.25, 0.3) is 10.8 Å². The predicted octanol–water partition coefficient (Wildman–Crippen LogP) is 7.16. The van der Waals surface area contributed by atoms with E-state index in [1.165, 1.54) is 0 Å². The molecule has 1 N–H and O–H groups in total. The summed E-state index contributed by atoms with van der Waals surface area (Å²) in [5, 5.41) is 5.89. The predicted molar refractivity (Wildman–Crippen MR) is 119 cm³/mol. The molecule has 0 radical (unpaired) electrons. The molecule has 2 aliphatic rings. The molecule has 0 unspecified atom stereocenters. The molecule has 0 saturated heterocycles. The standard InChI is InChI=1S/C23H19Br2NO2/c1-23(2)10-16-20(17(27)11-23)21(18-9-14(24)22(25)28-18)19-13-6-4-3-5-12(13)7-8-15(19)26-16/h3-9,21,26H,10-11H2,1-2H3/t21-/m1/s1. The lowest BCUT2D eigenvalue weighted by atomic mass is 9.69. The monoisotopic (exact) mass is 499 g/mol. The molecule has 0 bridgehead atoms. The number of Topliss-reactive ketones (excluding diaryl/α,β-unsaturated/α-hetero) is 1. The molecule has 0 fully saturated rings. The first kappa shape index (κ1) is 18.2. The molecule has 1 aliphatic carbocycles. The van der Waals surface area contributed by atoms with Crippen LogP contribution in [0.5, 0.6) is 0 Å². The normalized spacial score (nSPS) is 20.7. The van der Waals surface area contributed by atoms with Gasteiger partial charge < -0.3 is 9.73 Å². The molecule has 0 saturated carbocycles. The second-order valence-corrected chi connectivity index (χ2v) is 9.98. The highest BCUT2D eigenvalue weighted by Gasteiger charge is 2.42. The second kappa shape index (κ2) is 6.33. The summed E-state index contributed by atoms with van der Waals surface area (Å²) in [6.45, 7) is 4.31. The van der Waals surface area contributed by atoms with Crippen LogP contribution >= 0.6 is 31.9 Å². The van der Waals surface area contributed by atoms with Crippen molar-refractivity contribution >= 4 is 54.1 Å². The zero-order valence-electron chi connectivity index (χ0n) is 15.6. The van der Waals surface area contributed by atoms with E-state index in [1.54, 1.807) is 0 Å².